The third-order valence-corrected chi connectivity index (χ3v) is 4.61. The van der Waals surface area contributed by atoms with Crippen molar-refractivity contribution in [2.24, 2.45) is 0 Å². The fraction of sp³-hybridized carbons (Fsp3) is 0.300. The number of nitrogens with one attached hydrogen (secondary N) is 2. The van der Waals surface area contributed by atoms with E-state index in [1.165, 1.54) is 0 Å². The first-order valence-electron chi connectivity index (χ1n) is 8.39. The third kappa shape index (κ3) is 3.65. The zero-order chi connectivity index (χ0) is 18.0. The second-order valence-electron chi connectivity index (χ2n) is 6.36. The molecule has 1 atom stereocenters. The first-order valence-corrected chi connectivity index (χ1v) is 8.39. The lowest BCUT2D eigenvalue weighted by molar-refractivity contribution is -0.136. The predicted molar refractivity (Wildman–Crippen MR) is 96.7 cm³/mol. The van der Waals surface area contributed by atoms with E-state index in [2.05, 4.69) is 10.6 Å². The lowest BCUT2D eigenvalue weighted by Crippen LogP contribution is -2.37. The SMILES string of the molecule is Cc1cccc([C@@H](C)NC(=O)C(=O)Nc2ccc3c(c2)CCO3)c1C. The molecule has 0 radical (unpaired) electrons. The molecule has 0 aromatic heterocycles. The quantitative estimate of drug-likeness (QED) is 0.845. The summed E-state index contributed by atoms with van der Waals surface area (Å²) in [5.41, 5.74) is 4.93. The molecule has 2 aromatic rings. The summed E-state index contributed by atoms with van der Waals surface area (Å²) in [4.78, 5) is 24.4. The van der Waals surface area contributed by atoms with Crippen LogP contribution in [0.1, 0.15) is 35.2 Å². The second kappa shape index (κ2) is 6.97. The second-order valence-corrected chi connectivity index (χ2v) is 6.36. The van der Waals surface area contributed by atoms with Gasteiger partial charge in [0.1, 0.15) is 5.75 Å². The van der Waals surface area contributed by atoms with Crippen LogP contribution in [0.5, 0.6) is 5.75 Å². The third-order valence-electron chi connectivity index (χ3n) is 4.61. The number of amides is 2. The molecule has 2 N–H and O–H groups in total. The fourth-order valence-corrected chi connectivity index (χ4v) is 3.04. The van der Waals surface area contributed by atoms with Gasteiger partial charge in [-0.25, -0.2) is 0 Å². The maximum Gasteiger partial charge on any atom is 0.313 e. The monoisotopic (exact) mass is 338 g/mol. The number of hydrogen-bond donors (Lipinski definition) is 2. The van der Waals surface area contributed by atoms with Crippen LogP contribution in [0, 0.1) is 13.8 Å². The van der Waals surface area contributed by atoms with E-state index in [0.717, 1.165) is 34.4 Å². The van der Waals surface area contributed by atoms with E-state index >= 15 is 0 Å². The highest BCUT2D eigenvalue weighted by Gasteiger charge is 2.19. The summed E-state index contributed by atoms with van der Waals surface area (Å²) in [6.45, 7) is 6.57. The van der Waals surface area contributed by atoms with Gasteiger partial charge in [0.2, 0.25) is 0 Å². The zero-order valence-corrected chi connectivity index (χ0v) is 14.7. The fourth-order valence-electron chi connectivity index (χ4n) is 3.04. The number of hydrogen-bond acceptors (Lipinski definition) is 3. The first kappa shape index (κ1) is 17.0. The van der Waals surface area contributed by atoms with Crippen molar-refractivity contribution in [3.63, 3.8) is 0 Å². The van der Waals surface area contributed by atoms with Crippen molar-refractivity contribution < 1.29 is 14.3 Å². The summed E-state index contributed by atoms with van der Waals surface area (Å²) in [5.74, 6) is -0.479. The number of carbonyl (C=O) groups excluding carboxylic acids is 2. The van der Waals surface area contributed by atoms with Crippen LogP contribution in [-0.4, -0.2) is 18.4 Å². The van der Waals surface area contributed by atoms with Gasteiger partial charge in [-0.1, -0.05) is 18.2 Å². The smallest absolute Gasteiger partial charge is 0.313 e. The van der Waals surface area contributed by atoms with Gasteiger partial charge >= 0.3 is 11.8 Å². The normalized spacial score (nSPS) is 13.6. The number of fused-ring (bicyclic) bond motifs is 1. The molecule has 5 heteroatoms. The number of aryl methyl sites for hydroxylation is 1. The summed E-state index contributed by atoms with van der Waals surface area (Å²) in [5, 5.41) is 5.41. The van der Waals surface area contributed by atoms with Gasteiger partial charge in [-0.05, 0) is 61.2 Å². The van der Waals surface area contributed by atoms with Crippen LogP contribution < -0.4 is 15.4 Å². The Morgan fingerprint density at radius 3 is 2.72 bits per heavy atom. The molecule has 1 aliphatic heterocycles. The Hall–Kier alpha value is -2.82. The van der Waals surface area contributed by atoms with Crippen molar-refractivity contribution in [2.75, 3.05) is 11.9 Å². The standard InChI is InChI=1S/C20H22N2O3/c1-12-5-4-6-17(13(12)2)14(3)21-19(23)20(24)22-16-7-8-18-15(11-16)9-10-25-18/h4-8,11,14H,9-10H2,1-3H3,(H,21,23)(H,22,24)/t14-/m1/s1. The van der Waals surface area contributed by atoms with Crippen molar-refractivity contribution in [2.45, 2.75) is 33.2 Å². The minimum absolute atomic E-state index is 0.244. The maximum atomic E-state index is 12.2. The van der Waals surface area contributed by atoms with Crippen molar-refractivity contribution in [1.29, 1.82) is 0 Å². The molecule has 0 bridgehead atoms. The highest BCUT2D eigenvalue weighted by molar-refractivity contribution is 6.39. The average molecular weight is 338 g/mol. The largest absolute Gasteiger partial charge is 0.493 e. The van der Waals surface area contributed by atoms with E-state index < -0.39 is 11.8 Å². The Bertz CT molecular complexity index is 830. The van der Waals surface area contributed by atoms with Gasteiger partial charge in [-0.2, -0.15) is 0 Å². The lowest BCUT2D eigenvalue weighted by Gasteiger charge is -2.17. The van der Waals surface area contributed by atoms with Crippen LogP contribution in [0.15, 0.2) is 36.4 Å². The average Bonchev–Trinajstić information content (AvgIpc) is 3.04. The number of benzene rings is 2. The molecule has 0 fully saturated rings. The van der Waals surface area contributed by atoms with Crippen LogP contribution in [-0.2, 0) is 16.0 Å². The molecule has 0 aliphatic carbocycles. The van der Waals surface area contributed by atoms with E-state index in [4.69, 9.17) is 4.74 Å². The molecule has 0 unspecified atom stereocenters. The summed E-state index contributed by atoms with van der Waals surface area (Å²) < 4.78 is 5.44. The minimum Gasteiger partial charge on any atom is -0.493 e. The maximum absolute atomic E-state index is 12.2. The van der Waals surface area contributed by atoms with Crippen molar-refractivity contribution in [1.82, 2.24) is 5.32 Å². The number of carbonyl (C=O) groups is 2. The van der Waals surface area contributed by atoms with E-state index in [1.54, 1.807) is 6.07 Å². The molecule has 0 spiro atoms. The molecule has 0 saturated carbocycles. The zero-order valence-electron chi connectivity index (χ0n) is 14.7. The molecule has 3 rings (SSSR count). The van der Waals surface area contributed by atoms with E-state index in [-0.39, 0.29) is 6.04 Å². The van der Waals surface area contributed by atoms with Gasteiger partial charge in [0.05, 0.1) is 12.6 Å². The van der Waals surface area contributed by atoms with Crippen molar-refractivity contribution in [3.8, 4) is 5.75 Å². The van der Waals surface area contributed by atoms with Crippen LogP contribution in [0.2, 0.25) is 0 Å². The number of ether oxygens (including phenoxy) is 1. The summed E-state index contributed by atoms with van der Waals surface area (Å²) in [7, 11) is 0. The molecule has 1 aliphatic rings. The van der Waals surface area contributed by atoms with Crippen molar-refractivity contribution >= 4 is 17.5 Å². The molecule has 0 saturated heterocycles. The Morgan fingerprint density at radius 2 is 1.92 bits per heavy atom. The summed E-state index contributed by atoms with van der Waals surface area (Å²) in [6.07, 6.45) is 0.814. The highest BCUT2D eigenvalue weighted by Crippen LogP contribution is 2.27. The first-order chi connectivity index (χ1) is 12.0. The Morgan fingerprint density at radius 1 is 1.12 bits per heavy atom. The van der Waals surface area contributed by atoms with Gasteiger partial charge in [0.25, 0.3) is 0 Å². The van der Waals surface area contributed by atoms with E-state index in [1.807, 2.05) is 51.1 Å². The van der Waals surface area contributed by atoms with Gasteiger partial charge in [0.15, 0.2) is 0 Å². The number of anilines is 1. The van der Waals surface area contributed by atoms with Crippen LogP contribution >= 0.6 is 0 Å². The predicted octanol–water partition coefficient (Wildman–Crippen LogP) is 3.05. The molecule has 2 aromatic carbocycles. The van der Waals surface area contributed by atoms with E-state index in [0.29, 0.717) is 12.3 Å². The Balaban J connectivity index is 1.64. The minimum atomic E-state index is -0.670. The number of rotatable bonds is 3. The molecular formula is C20H22N2O3. The van der Waals surface area contributed by atoms with Gasteiger partial charge < -0.3 is 15.4 Å². The van der Waals surface area contributed by atoms with Crippen LogP contribution in [0.25, 0.3) is 0 Å². The van der Waals surface area contributed by atoms with Gasteiger partial charge in [0, 0.05) is 12.1 Å². The molecule has 1 heterocycles. The van der Waals surface area contributed by atoms with E-state index in [9.17, 15) is 9.59 Å². The molecule has 25 heavy (non-hydrogen) atoms. The molecule has 2 amide bonds. The summed E-state index contributed by atoms with van der Waals surface area (Å²) in [6, 6.07) is 11.1. The van der Waals surface area contributed by atoms with Crippen molar-refractivity contribution in [3.05, 3.63) is 58.7 Å². The topological polar surface area (TPSA) is 67.4 Å². The van der Waals surface area contributed by atoms with Gasteiger partial charge in [-0.15, -0.1) is 0 Å². The molecule has 130 valence electrons. The Labute approximate surface area is 147 Å². The summed E-state index contributed by atoms with van der Waals surface area (Å²) >= 11 is 0. The van der Waals surface area contributed by atoms with Gasteiger partial charge in [-0.3, -0.25) is 9.59 Å². The Kier molecular flexibility index (Phi) is 4.74. The lowest BCUT2D eigenvalue weighted by atomic mass is 9.98. The highest BCUT2D eigenvalue weighted by atomic mass is 16.5. The van der Waals surface area contributed by atoms with Crippen LogP contribution in [0.3, 0.4) is 0 Å². The van der Waals surface area contributed by atoms with Crippen LogP contribution in [0.4, 0.5) is 5.69 Å². The molecule has 5 nitrogen and oxygen atoms in total. The molecular weight excluding hydrogens is 316 g/mol.